The first-order valence-electron chi connectivity index (χ1n) is 10.9. The number of benzene rings is 2. The van der Waals surface area contributed by atoms with E-state index in [4.69, 9.17) is 9.73 Å². The molecule has 0 saturated carbocycles. The lowest BCUT2D eigenvalue weighted by Crippen LogP contribution is -2.22. The van der Waals surface area contributed by atoms with E-state index < -0.39 is 0 Å². The summed E-state index contributed by atoms with van der Waals surface area (Å²) in [6.07, 6.45) is 8.29. The van der Waals surface area contributed by atoms with Crippen LogP contribution in [0.4, 0.5) is 5.69 Å². The molecule has 156 valence electrons. The number of amides is 1. The molecule has 0 aliphatic carbocycles. The van der Waals surface area contributed by atoms with Crippen LogP contribution in [0.1, 0.15) is 53.9 Å². The third kappa shape index (κ3) is 4.54. The Bertz CT molecular complexity index is 971. The van der Waals surface area contributed by atoms with E-state index in [0.29, 0.717) is 13.2 Å². The molecule has 2 aliphatic rings. The first kappa shape index (κ1) is 20.5. The second kappa shape index (κ2) is 9.40. The zero-order valence-corrected chi connectivity index (χ0v) is 17.9. The number of carbonyl (C=O) groups excluding carboxylic acids is 1. The van der Waals surface area contributed by atoms with Crippen LogP contribution in [0.3, 0.4) is 0 Å². The topological polar surface area (TPSA) is 50.7 Å². The quantitative estimate of drug-likeness (QED) is 0.713. The molecule has 0 aromatic heterocycles. The molecular weight excluding hydrogens is 372 g/mol. The van der Waals surface area contributed by atoms with Crippen molar-refractivity contribution in [2.24, 2.45) is 10.9 Å². The fourth-order valence-electron chi connectivity index (χ4n) is 4.25. The van der Waals surface area contributed by atoms with Crippen LogP contribution < -0.4 is 5.32 Å². The summed E-state index contributed by atoms with van der Waals surface area (Å²) in [4.78, 5) is 17.4. The molecule has 4 rings (SSSR count). The summed E-state index contributed by atoms with van der Waals surface area (Å²) in [6.45, 7) is 5.52. The molecule has 2 aliphatic heterocycles. The summed E-state index contributed by atoms with van der Waals surface area (Å²) in [5, 5.41) is 3.10. The van der Waals surface area contributed by atoms with Crippen molar-refractivity contribution in [2.75, 3.05) is 18.5 Å². The Balaban J connectivity index is 1.71. The van der Waals surface area contributed by atoms with Gasteiger partial charge in [0, 0.05) is 24.2 Å². The van der Waals surface area contributed by atoms with Gasteiger partial charge >= 0.3 is 0 Å². The Morgan fingerprint density at radius 1 is 1.17 bits per heavy atom. The highest BCUT2D eigenvalue weighted by Gasteiger charge is 2.25. The molecule has 1 amide bonds. The molecule has 1 unspecified atom stereocenters. The maximum Gasteiger partial charge on any atom is 0.229 e. The van der Waals surface area contributed by atoms with Crippen LogP contribution in [0, 0.1) is 19.8 Å². The lowest BCUT2D eigenvalue weighted by molar-refractivity contribution is -0.119. The third-order valence-electron chi connectivity index (χ3n) is 6.17. The van der Waals surface area contributed by atoms with Crippen molar-refractivity contribution in [2.45, 2.75) is 45.4 Å². The minimum absolute atomic E-state index is 0.0413. The second-order valence-electron chi connectivity index (χ2n) is 8.27. The van der Waals surface area contributed by atoms with Crippen LogP contribution >= 0.6 is 0 Å². The van der Waals surface area contributed by atoms with Gasteiger partial charge in [-0.15, -0.1) is 0 Å². The molecule has 0 radical (unpaired) electrons. The first-order valence-corrected chi connectivity index (χ1v) is 10.9. The van der Waals surface area contributed by atoms with Gasteiger partial charge in [0.15, 0.2) is 0 Å². The van der Waals surface area contributed by atoms with Crippen molar-refractivity contribution in [3.8, 4) is 0 Å². The van der Waals surface area contributed by atoms with E-state index >= 15 is 0 Å². The summed E-state index contributed by atoms with van der Waals surface area (Å²) in [7, 11) is 0. The van der Waals surface area contributed by atoms with Crippen LogP contribution in [0.2, 0.25) is 0 Å². The van der Waals surface area contributed by atoms with Gasteiger partial charge in [-0.05, 0) is 73.9 Å². The summed E-state index contributed by atoms with van der Waals surface area (Å²) in [5.74, 6) is 0.0307. The van der Waals surface area contributed by atoms with Crippen LogP contribution in [-0.2, 0) is 9.53 Å². The van der Waals surface area contributed by atoms with Gasteiger partial charge in [-0.25, -0.2) is 0 Å². The Morgan fingerprint density at radius 3 is 2.87 bits per heavy atom. The van der Waals surface area contributed by atoms with Gasteiger partial charge in [0.25, 0.3) is 0 Å². The zero-order chi connectivity index (χ0) is 20.9. The molecule has 1 fully saturated rings. The number of rotatable bonds is 5. The Morgan fingerprint density at radius 2 is 2.03 bits per heavy atom. The Kier molecular flexibility index (Phi) is 6.44. The fourth-order valence-corrected chi connectivity index (χ4v) is 4.25. The molecule has 30 heavy (non-hydrogen) atoms. The Labute approximate surface area is 179 Å². The average Bonchev–Trinajstić information content (AvgIpc) is 3.16. The van der Waals surface area contributed by atoms with Crippen molar-refractivity contribution in [3.63, 3.8) is 0 Å². The van der Waals surface area contributed by atoms with Crippen molar-refractivity contribution >= 4 is 17.8 Å². The van der Waals surface area contributed by atoms with Gasteiger partial charge in [0.05, 0.1) is 18.4 Å². The molecule has 1 N–H and O–H groups in total. The maximum atomic E-state index is 12.6. The number of carbonyl (C=O) groups is 1. The number of hydrogen-bond acceptors (Lipinski definition) is 3. The highest BCUT2D eigenvalue weighted by molar-refractivity contribution is 5.92. The number of aryl methyl sites for hydroxylation is 1. The third-order valence-corrected chi connectivity index (χ3v) is 6.17. The molecule has 0 spiro atoms. The van der Waals surface area contributed by atoms with E-state index in [1.165, 1.54) is 16.7 Å². The number of nitrogens with zero attached hydrogens (tertiary/aromatic N) is 1. The van der Waals surface area contributed by atoms with Crippen LogP contribution in [0.15, 0.2) is 59.2 Å². The Hall–Kier alpha value is -2.72. The second-order valence-corrected chi connectivity index (χ2v) is 8.27. The summed E-state index contributed by atoms with van der Waals surface area (Å²) < 4.78 is 5.37. The minimum Gasteiger partial charge on any atom is -0.381 e. The predicted octanol–water partition coefficient (Wildman–Crippen LogP) is 5.55. The normalized spacial score (nSPS) is 19.8. The average molecular weight is 403 g/mol. The SMILES string of the molecule is Cc1cccc(C(C2=CCCCC=N2)c2cccc(NC(=O)[C@@H]3CCOC3)c2)c1C. The summed E-state index contributed by atoms with van der Waals surface area (Å²) >= 11 is 0. The van der Waals surface area contributed by atoms with Gasteiger partial charge in [-0.2, -0.15) is 0 Å². The fraction of sp³-hybridized carbons (Fsp3) is 0.385. The molecule has 4 heteroatoms. The number of aliphatic imine (C=N–C) groups is 1. The standard InChI is InChI=1S/C26H30N2O2/c1-18-8-6-11-23(19(18)2)25(24-12-4-3-5-14-27-24)20-9-7-10-22(16-20)28-26(29)21-13-15-30-17-21/h6-12,14,16,21,25H,3-5,13,15,17H2,1-2H3,(H,28,29)/t21-,25?/m1/s1. The molecule has 2 heterocycles. The molecule has 0 bridgehead atoms. The first-order chi connectivity index (χ1) is 14.6. The van der Waals surface area contributed by atoms with Crippen LogP contribution in [0.25, 0.3) is 0 Å². The van der Waals surface area contributed by atoms with Crippen molar-refractivity contribution in [1.29, 1.82) is 0 Å². The number of ether oxygens (including phenoxy) is 1. The van der Waals surface area contributed by atoms with Crippen molar-refractivity contribution in [3.05, 3.63) is 76.5 Å². The van der Waals surface area contributed by atoms with Crippen LogP contribution in [0.5, 0.6) is 0 Å². The molecule has 2 atom stereocenters. The van der Waals surface area contributed by atoms with Crippen molar-refractivity contribution < 1.29 is 9.53 Å². The number of nitrogens with one attached hydrogen (secondary N) is 1. The highest BCUT2D eigenvalue weighted by Crippen LogP contribution is 2.37. The lowest BCUT2D eigenvalue weighted by Gasteiger charge is -2.23. The van der Waals surface area contributed by atoms with Gasteiger partial charge in [0.2, 0.25) is 5.91 Å². The van der Waals surface area contributed by atoms with E-state index in [9.17, 15) is 4.79 Å². The van der Waals surface area contributed by atoms with E-state index in [1.54, 1.807) is 0 Å². The van der Waals surface area contributed by atoms with E-state index in [1.807, 2.05) is 18.3 Å². The smallest absolute Gasteiger partial charge is 0.229 e. The maximum absolute atomic E-state index is 12.6. The minimum atomic E-state index is -0.0577. The van der Waals surface area contributed by atoms with Crippen LogP contribution in [-0.4, -0.2) is 25.3 Å². The highest BCUT2D eigenvalue weighted by atomic mass is 16.5. The molecule has 4 nitrogen and oxygen atoms in total. The monoisotopic (exact) mass is 402 g/mol. The summed E-state index contributed by atoms with van der Waals surface area (Å²) in [5.41, 5.74) is 6.91. The van der Waals surface area contributed by atoms with Gasteiger partial charge in [0.1, 0.15) is 0 Å². The van der Waals surface area contributed by atoms with Gasteiger partial charge in [-0.3, -0.25) is 9.79 Å². The predicted molar refractivity (Wildman–Crippen MR) is 122 cm³/mol. The van der Waals surface area contributed by atoms with Gasteiger partial charge in [-0.1, -0.05) is 36.4 Å². The van der Waals surface area contributed by atoms with Crippen molar-refractivity contribution in [1.82, 2.24) is 0 Å². The molecule has 2 aromatic carbocycles. The number of anilines is 1. The molecule has 1 saturated heterocycles. The molecule has 2 aromatic rings. The van der Waals surface area contributed by atoms with E-state index in [2.05, 4.69) is 55.6 Å². The zero-order valence-electron chi connectivity index (χ0n) is 17.9. The van der Waals surface area contributed by atoms with E-state index in [0.717, 1.165) is 42.6 Å². The van der Waals surface area contributed by atoms with E-state index in [-0.39, 0.29) is 17.7 Å². The summed E-state index contributed by atoms with van der Waals surface area (Å²) in [6, 6.07) is 14.7. The lowest BCUT2D eigenvalue weighted by atomic mass is 9.84. The number of allylic oxidation sites excluding steroid dienone is 2. The molecular formula is C26H30N2O2. The van der Waals surface area contributed by atoms with Gasteiger partial charge < -0.3 is 10.1 Å². The largest absolute Gasteiger partial charge is 0.381 e. The number of hydrogen-bond donors (Lipinski definition) is 1.